The second-order valence-corrected chi connectivity index (χ2v) is 9.97. The number of benzene rings is 3. The van der Waals surface area contributed by atoms with Gasteiger partial charge in [-0.25, -0.2) is 0 Å². The van der Waals surface area contributed by atoms with Crippen molar-refractivity contribution in [1.29, 1.82) is 0 Å². The number of ether oxygens (including phenoxy) is 2. The van der Waals surface area contributed by atoms with Gasteiger partial charge in [-0.15, -0.1) is 0 Å². The SMILES string of the molecule is CC1(C)CC2(c3ccccc31)c1ccccc1C(C)(C)C2OCOc1ccccc1. The average molecular weight is 399 g/mol. The molecule has 30 heavy (non-hydrogen) atoms. The Bertz CT molecular complexity index is 1050. The lowest BCUT2D eigenvalue weighted by atomic mass is 9.70. The van der Waals surface area contributed by atoms with E-state index in [0.29, 0.717) is 0 Å². The Hall–Kier alpha value is -2.58. The molecule has 2 unspecified atom stereocenters. The molecule has 0 heterocycles. The molecule has 0 amide bonds. The van der Waals surface area contributed by atoms with Crippen LogP contribution in [0.25, 0.3) is 0 Å². The number of rotatable bonds is 4. The van der Waals surface area contributed by atoms with Crippen LogP contribution in [-0.2, 0) is 21.0 Å². The summed E-state index contributed by atoms with van der Waals surface area (Å²) >= 11 is 0. The largest absolute Gasteiger partial charge is 0.468 e. The standard InChI is InChI=1S/C28H30O2/c1-26(2)18-28(23-16-10-8-14-21(23)26)24-17-11-9-15-22(24)27(3,4)25(28)30-19-29-20-12-6-5-7-13-20/h5-17,25H,18-19H2,1-4H3. The van der Waals surface area contributed by atoms with Crippen molar-refractivity contribution in [2.45, 2.75) is 56.5 Å². The fraction of sp³-hybridized carbons (Fsp3) is 0.357. The topological polar surface area (TPSA) is 18.5 Å². The van der Waals surface area contributed by atoms with E-state index in [-0.39, 0.29) is 29.1 Å². The van der Waals surface area contributed by atoms with E-state index in [1.54, 1.807) is 0 Å². The number of fused-ring (bicyclic) bond motifs is 4. The van der Waals surface area contributed by atoms with E-state index in [0.717, 1.165) is 12.2 Å². The smallest absolute Gasteiger partial charge is 0.189 e. The Morgan fingerprint density at radius 1 is 0.700 bits per heavy atom. The van der Waals surface area contributed by atoms with Crippen LogP contribution in [0.3, 0.4) is 0 Å². The van der Waals surface area contributed by atoms with Crippen molar-refractivity contribution in [2.75, 3.05) is 6.79 Å². The van der Waals surface area contributed by atoms with Crippen molar-refractivity contribution in [3.63, 3.8) is 0 Å². The maximum Gasteiger partial charge on any atom is 0.189 e. The normalized spacial score (nSPS) is 25.1. The zero-order chi connectivity index (χ0) is 21.0. The first-order valence-corrected chi connectivity index (χ1v) is 10.9. The van der Waals surface area contributed by atoms with Crippen LogP contribution in [0.15, 0.2) is 78.9 Å². The molecule has 2 atom stereocenters. The summed E-state index contributed by atoms with van der Waals surface area (Å²) in [5.74, 6) is 0.840. The molecule has 154 valence electrons. The Balaban J connectivity index is 1.60. The molecule has 2 aliphatic rings. The third kappa shape index (κ3) is 2.66. The highest BCUT2D eigenvalue weighted by molar-refractivity contribution is 5.61. The highest BCUT2D eigenvalue weighted by Crippen LogP contribution is 2.63. The fourth-order valence-electron chi connectivity index (χ4n) is 6.19. The molecule has 2 nitrogen and oxygen atoms in total. The molecule has 0 bridgehead atoms. The van der Waals surface area contributed by atoms with E-state index in [2.05, 4.69) is 76.2 Å². The molecular formula is C28H30O2. The Morgan fingerprint density at radius 3 is 1.90 bits per heavy atom. The summed E-state index contributed by atoms with van der Waals surface area (Å²) in [5.41, 5.74) is 5.46. The van der Waals surface area contributed by atoms with Gasteiger partial charge in [0, 0.05) is 10.8 Å². The second-order valence-electron chi connectivity index (χ2n) is 9.97. The van der Waals surface area contributed by atoms with Crippen LogP contribution >= 0.6 is 0 Å². The van der Waals surface area contributed by atoms with Crippen LogP contribution in [0.1, 0.15) is 56.4 Å². The summed E-state index contributed by atoms with van der Waals surface area (Å²) in [6, 6.07) is 27.8. The van der Waals surface area contributed by atoms with Crippen molar-refractivity contribution in [1.82, 2.24) is 0 Å². The summed E-state index contributed by atoms with van der Waals surface area (Å²) in [5, 5.41) is 0. The highest BCUT2D eigenvalue weighted by atomic mass is 16.7. The summed E-state index contributed by atoms with van der Waals surface area (Å²) in [6.45, 7) is 9.62. The Labute approximate surface area is 179 Å². The van der Waals surface area contributed by atoms with Crippen LogP contribution in [0.4, 0.5) is 0 Å². The molecule has 0 saturated heterocycles. The van der Waals surface area contributed by atoms with Crippen LogP contribution in [0, 0.1) is 0 Å². The molecule has 5 rings (SSSR count). The first-order valence-electron chi connectivity index (χ1n) is 10.9. The molecule has 3 aromatic rings. The molecule has 0 fully saturated rings. The summed E-state index contributed by atoms with van der Waals surface area (Å²) in [6.07, 6.45) is 1.03. The maximum absolute atomic E-state index is 6.67. The van der Waals surface area contributed by atoms with Gasteiger partial charge in [0.25, 0.3) is 0 Å². The highest BCUT2D eigenvalue weighted by Gasteiger charge is 2.63. The maximum atomic E-state index is 6.67. The molecule has 0 radical (unpaired) electrons. The van der Waals surface area contributed by atoms with E-state index < -0.39 is 0 Å². The monoisotopic (exact) mass is 398 g/mol. The van der Waals surface area contributed by atoms with Gasteiger partial charge in [-0.3, -0.25) is 0 Å². The van der Waals surface area contributed by atoms with Crippen LogP contribution in [0.2, 0.25) is 0 Å². The minimum atomic E-state index is -0.166. The van der Waals surface area contributed by atoms with Gasteiger partial charge in [0.1, 0.15) is 5.75 Å². The minimum absolute atomic E-state index is 0.00552. The molecule has 0 saturated carbocycles. The van der Waals surface area contributed by atoms with Crippen molar-refractivity contribution in [2.24, 2.45) is 0 Å². The predicted octanol–water partition coefficient (Wildman–Crippen LogP) is 6.37. The van der Waals surface area contributed by atoms with Crippen molar-refractivity contribution < 1.29 is 9.47 Å². The van der Waals surface area contributed by atoms with E-state index >= 15 is 0 Å². The molecular weight excluding hydrogens is 368 g/mol. The summed E-state index contributed by atoms with van der Waals surface area (Å²) in [4.78, 5) is 0. The molecule has 2 heteroatoms. The van der Waals surface area contributed by atoms with Gasteiger partial charge in [0.2, 0.25) is 0 Å². The quantitative estimate of drug-likeness (QED) is 0.476. The first-order chi connectivity index (χ1) is 14.4. The predicted molar refractivity (Wildman–Crippen MR) is 121 cm³/mol. The Kier molecular flexibility index (Phi) is 4.34. The first kappa shape index (κ1) is 19.4. The number of hydrogen-bond acceptors (Lipinski definition) is 2. The zero-order valence-electron chi connectivity index (χ0n) is 18.3. The lowest BCUT2D eigenvalue weighted by Crippen LogP contribution is -2.46. The summed E-state index contributed by atoms with van der Waals surface area (Å²) < 4.78 is 12.7. The van der Waals surface area contributed by atoms with Gasteiger partial charge >= 0.3 is 0 Å². The van der Waals surface area contributed by atoms with E-state index in [1.165, 1.54) is 22.3 Å². The van der Waals surface area contributed by atoms with Gasteiger partial charge in [0.15, 0.2) is 6.79 Å². The number of hydrogen-bond donors (Lipinski definition) is 0. The molecule has 0 N–H and O–H groups in total. The fourth-order valence-corrected chi connectivity index (χ4v) is 6.19. The minimum Gasteiger partial charge on any atom is -0.468 e. The lowest BCUT2D eigenvalue weighted by molar-refractivity contribution is -0.0855. The Morgan fingerprint density at radius 2 is 1.23 bits per heavy atom. The van der Waals surface area contributed by atoms with Gasteiger partial charge in [0.05, 0.1) is 6.10 Å². The lowest BCUT2D eigenvalue weighted by Gasteiger charge is -2.39. The zero-order valence-corrected chi connectivity index (χ0v) is 18.3. The van der Waals surface area contributed by atoms with Gasteiger partial charge in [-0.1, -0.05) is 94.4 Å². The second kappa shape index (κ2) is 6.72. The van der Waals surface area contributed by atoms with Gasteiger partial charge in [-0.05, 0) is 46.2 Å². The van der Waals surface area contributed by atoms with Crippen molar-refractivity contribution in [3.8, 4) is 5.75 Å². The van der Waals surface area contributed by atoms with E-state index in [9.17, 15) is 0 Å². The third-order valence-corrected chi connectivity index (χ3v) is 7.27. The average Bonchev–Trinajstić information content (AvgIpc) is 3.10. The molecule has 3 aromatic carbocycles. The van der Waals surface area contributed by atoms with Crippen LogP contribution in [-0.4, -0.2) is 12.9 Å². The molecule has 2 aliphatic carbocycles. The van der Waals surface area contributed by atoms with Crippen molar-refractivity contribution in [3.05, 3.63) is 101 Å². The summed E-state index contributed by atoms with van der Waals surface area (Å²) in [7, 11) is 0. The van der Waals surface area contributed by atoms with E-state index in [4.69, 9.17) is 9.47 Å². The number of para-hydroxylation sites is 1. The van der Waals surface area contributed by atoms with Crippen molar-refractivity contribution >= 4 is 0 Å². The van der Waals surface area contributed by atoms with Gasteiger partial charge < -0.3 is 9.47 Å². The molecule has 0 aliphatic heterocycles. The molecule has 0 aromatic heterocycles. The molecule has 1 spiro atoms. The third-order valence-electron chi connectivity index (χ3n) is 7.27. The van der Waals surface area contributed by atoms with E-state index in [1.807, 2.05) is 30.3 Å². The van der Waals surface area contributed by atoms with Crippen LogP contribution in [0.5, 0.6) is 5.75 Å². The van der Waals surface area contributed by atoms with Gasteiger partial charge in [-0.2, -0.15) is 0 Å². The van der Waals surface area contributed by atoms with Crippen LogP contribution < -0.4 is 4.74 Å².